The monoisotopic (exact) mass is 489 g/mol. The molecule has 4 aromatic rings. The summed E-state index contributed by atoms with van der Waals surface area (Å²) in [6, 6.07) is 18.8. The molecule has 178 valence electrons. The Morgan fingerprint density at radius 2 is 1.83 bits per heavy atom. The summed E-state index contributed by atoms with van der Waals surface area (Å²) < 4.78 is 15.7. The van der Waals surface area contributed by atoms with Crippen LogP contribution in [0.2, 0.25) is 0 Å². The first-order valence-electron chi connectivity index (χ1n) is 11.0. The molecule has 1 aromatic heterocycles. The van der Waals surface area contributed by atoms with Crippen molar-refractivity contribution >= 4 is 40.0 Å². The number of aromatic nitrogens is 3. The molecule has 0 unspecified atom stereocenters. The maximum absolute atomic E-state index is 14.0. The van der Waals surface area contributed by atoms with Gasteiger partial charge in [-0.15, -0.1) is 16.8 Å². The lowest BCUT2D eigenvalue weighted by molar-refractivity contribution is -0.113. The van der Waals surface area contributed by atoms with Gasteiger partial charge in [-0.05, 0) is 30.5 Å². The number of nitrogens with zero attached hydrogens (tertiary/aromatic N) is 3. The molecule has 9 heteroatoms. The number of carbonyl (C=O) groups is 2. The van der Waals surface area contributed by atoms with Crippen LogP contribution in [-0.2, 0) is 11.3 Å². The molecule has 35 heavy (non-hydrogen) atoms. The molecular formula is C26H24FN5O2S. The summed E-state index contributed by atoms with van der Waals surface area (Å²) >= 11 is 1.23. The molecule has 1 atom stereocenters. The van der Waals surface area contributed by atoms with Crippen LogP contribution in [0.3, 0.4) is 0 Å². The lowest BCUT2D eigenvalue weighted by Crippen LogP contribution is -2.29. The zero-order chi connectivity index (χ0) is 24.8. The molecule has 0 aliphatic heterocycles. The number of allylic oxidation sites excluding steroid dienone is 1. The maximum atomic E-state index is 14.0. The van der Waals surface area contributed by atoms with Gasteiger partial charge in [0.15, 0.2) is 11.0 Å². The van der Waals surface area contributed by atoms with Crippen LogP contribution in [0, 0.1) is 5.82 Å². The molecule has 2 amide bonds. The van der Waals surface area contributed by atoms with Gasteiger partial charge >= 0.3 is 0 Å². The number of fused-ring (bicyclic) bond motifs is 1. The zero-order valence-corrected chi connectivity index (χ0v) is 19.9. The van der Waals surface area contributed by atoms with Crippen LogP contribution in [0.1, 0.15) is 29.1 Å². The van der Waals surface area contributed by atoms with Gasteiger partial charge in [0, 0.05) is 17.6 Å². The number of carbonyl (C=O) groups excluding carboxylic acids is 2. The quantitative estimate of drug-likeness (QED) is 0.256. The Hall–Kier alpha value is -3.98. The molecule has 3 aromatic carbocycles. The Labute approximate surface area is 206 Å². The van der Waals surface area contributed by atoms with Crippen molar-refractivity contribution in [3.63, 3.8) is 0 Å². The summed E-state index contributed by atoms with van der Waals surface area (Å²) in [5.41, 5.74) is 0.695. The van der Waals surface area contributed by atoms with Crippen molar-refractivity contribution in [3.8, 4) is 0 Å². The number of benzene rings is 3. The second kappa shape index (κ2) is 11.0. The number of halogens is 1. The number of anilines is 1. The normalized spacial score (nSPS) is 11.7. The summed E-state index contributed by atoms with van der Waals surface area (Å²) in [6.07, 6.45) is 1.68. The maximum Gasteiger partial charge on any atom is 0.254 e. The van der Waals surface area contributed by atoms with Crippen LogP contribution in [0.5, 0.6) is 0 Å². The van der Waals surface area contributed by atoms with E-state index >= 15 is 0 Å². The van der Waals surface area contributed by atoms with E-state index in [1.807, 2.05) is 42.5 Å². The lowest BCUT2D eigenvalue weighted by Gasteiger charge is -2.15. The SMILES string of the molecule is C=CCn1c(SCC(=O)Nc2cccc3ccccc23)nnc1[C@@H](C)NC(=O)c1ccccc1F. The van der Waals surface area contributed by atoms with Gasteiger partial charge in [-0.2, -0.15) is 0 Å². The Kier molecular flexibility index (Phi) is 7.57. The molecular weight excluding hydrogens is 465 g/mol. The van der Waals surface area contributed by atoms with Gasteiger partial charge in [-0.3, -0.25) is 9.59 Å². The fourth-order valence-electron chi connectivity index (χ4n) is 3.66. The van der Waals surface area contributed by atoms with Gasteiger partial charge in [0.2, 0.25) is 5.91 Å². The highest BCUT2D eigenvalue weighted by Crippen LogP contribution is 2.25. The Morgan fingerprint density at radius 3 is 2.63 bits per heavy atom. The van der Waals surface area contributed by atoms with E-state index in [4.69, 9.17) is 0 Å². The van der Waals surface area contributed by atoms with E-state index in [2.05, 4.69) is 27.4 Å². The highest BCUT2D eigenvalue weighted by Gasteiger charge is 2.21. The summed E-state index contributed by atoms with van der Waals surface area (Å²) in [4.78, 5) is 25.2. The molecule has 0 saturated carbocycles. The van der Waals surface area contributed by atoms with Crippen molar-refractivity contribution in [2.45, 2.75) is 24.7 Å². The molecule has 1 heterocycles. The van der Waals surface area contributed by atoms with Crippen LogP contribution in [0.4, 0.5) is 10.1 Å². The van der Waals surface area contributed by atoms with Crippen LogP contribution in [-0.4, -0.2) is 32.3 Å². The number of rotatable bonds is 9. The third-order valence-electron chi connectivity index (χ3n) is 5.31. The van der Waals surface area contributed by atoms with Gasteiger partial charge < -0.3 is 15.2 Å². The topological polar surface area (TPSA) is 88.9 Å². The molecule has 0 fully saturated rings. The number of thioether (sulfide) groups is 1. The first-order valence-corrected chi connectivity index (χ1v) is 12.0. The van der Waals surface area contributed by atoms with Crippen molar-refractivity contribution in [3.05, 3.63) is 96.6 Å². The molecule has 0 bridgehead atoms. The van der Waals surface area contributed by atoms with E-state index in [1.165, 1.54) is 30.0 Å². The largest absolute Gasteiger partial charge is 0.342 e. The van der Waals surface area contributed by atoms with E-state index in [1.54, 1.807) is 23.6 Å². The van der Waals surface area contributed by atoms with Crippen LogP contribution in [0.15, 0.2) is 84.5 Å². The van der Waals surface area contributed by atoms with Gasteiger partial charge in [0.25, 0.3) is 5.91 Å². The minimum Gasteiger partial charge on any atom is -0.342 e. The average Bonchev–Trinajstić information content (AvgIpc) is 3.26. The van der Waals surface area contributed by atoms with Crippen molar-refractivity contribution in [2.24, 2.45) is 0 Å². The Morgan fingerprint density at radius 1 is 1.09 bits per heavy atom. The molecule has 0 saturated heterocycles. The summed E-state index contributed by atoms with van der Waals surface area (Å²) in [5, 5.41) is 16.6. The fraction of sp³-hybridized carbons (Fsp3) is 0.154. The summed E-state index contributed by atoms with van der Waals surface area (Å²) in [6.45, 7) is 5.90. The number of hydrogen-bond donors (Lipinski definition) is 2. The van der Waals surface area contributed by atoms with E-state index < -0.39 is 17.8 Å². The lowest BCUT2D eigenvalue weighted by atomic mass is 10.1. The van der Waals surface area contributed by atoms with E-state index in [0.717, 1.165) is 16.5 Å². The number of hydrogen-bond acceptors (Lipinski definition) is 5. The first kappa shape index (κ1) is 24.2. The second-order valence-electron chi connectivity index (χ2n) is 7.78. The standard InChI is InChI=1S/C26H24FN5O2S/c1-3-15-32-24(17(2)28-25(34)20-12-6-7-13-21(20)27)30-31-26(32)35-16-23(33)29-22-14-8-10-18-9-4-5-11-19(18)22/h3-14,17H,1,15-16H2,2H3,(H,28,34)(H,29,33)/t17-/m1/s1. The van der Waals surface area contributed by atoms with E-state index in [-0.39, 0.29) is 17.2 Å². The van der Waals surface area contributed by atoms with Gasteiger partial charge in [-0.1, -0.05) is 66.4 Å². The molecule has 2 N–H and O–H groups in total. The molecule has 0 spiro atoms. The highest BCUT2D eigenvalue weighted by atomic mass is 32.2. The predicted octanol–water partition coefficient (Wildman–Crippen LogP) is 4.98. The fourth-order valence-corrected chi connectivity index (χ4v) is 4.42. The average molecular weight is 490 g/mol. The Bertz CT molecular complexity index is 1380. The smallest absolute Gasteiger partial charge is 0.254 e. The van der Waals surface area contributed by atoms with Crippen LogP contribution >= 0.6 is 11.8 Å². The highest BCUT2D eigenvalue weighted by molar-refractivity contribution is 7.99. The first-order chi connectivity index (χ1) is 17.0. The van der Waals surface area contributed by atoms with Crippen molar-refractivity contribution in [1.82, 2.24) is 20.1 Å². The minimum absolute atomic E-state index is 0.0474. The molecule has 0 radical (unpaired) electrons. The summed E-state index contributed by atoms with van der Waals surface area (Å²) in [5.74, 6) is -0.729. The zero-order valence-electron chi connectivity index (χ0n) is 19.1. The Balaban J connectivity index is 1.44. The number of nitrogens with one attached hydrogen (secondary N) is 2. The third kappa shape index (κ3) is 5.58. The van der Waals surface area contributed by atoms with Gasteiger partial charge in [0.05, 0.1) is 17.4 Å². The second-order valence-corrected chi connectivity index (χ2v) is 8.72. The van der Waals surface area contributed by atoms with Gasteiger partial charge in [-0.25, -0.2) is 4.39 Å². The number of amides is 2. The third-order valence-corrected chi connectivity index (χ3v) is 6.27. The minimum atomic E-state index is -0.599. The molecule has 4 rings (SSSR count). The molecule has 0 aliphatic rings. The van der Waals surface area contributed by atoms with Crippen molar-refractivity contribution in [2.75, 3.05) is 11.1 Å². The van der Waals surface area contributed by atoms with Gasteiger partial charge in [0.1, 0.15) is 5.82 Å². The van der Waals surface area contributed by atoms with Crippen molar-refractivity contribution in [1.29, 1.82) is 0 Å². The van der Waals surface area contributed by atoms with E-state index in [9.17, 15) is 14.0 Å². The molecule has 0 aliphatic carbocycles. The predicted molar refractivity (Wildman–Crippen MR) is 136 cm³/mol. The summed E-state index contributed by atoms with van der Waals surface area (Å²) in [7, 11) is 0. The van der Waals surface area contributed by atoms with E-state index in [0.29, 0.717) is 17.5 Å². The van der Waals surface area contributed by atoms with Crippen LogP contribution in [0.25, 0.3) is 10.8 Å². The van der Waals surface area contributed by atoms with Crippen molar-refractivity contribution < 1.29 is 14.0 Å². The molecule has 7 nitrogen and oxygen atoms in total. The van der Waals surface area contributed by atoms with Crippen LogP contribution < -0.4 is 10.6 Å².